The van der Waals surface area contributed by atoms with E-state index in [2.05, 4.69) is 52.6 Å². The van der Waals surface area contributed by atoms with Crippen molar-refractivity contribution in [3.63, 3.8) is 0 Å². The maximum atomic E-state index is 6.08. The average Bonchev–Trinajstić information content (AvgIpc) is 2.76. The first-order chi connectivity index (χ1) is 13.7. The second-order valence-electron chi connectivity index (χ2n) is 9.03. The predicted molar refractivity (Wildman–Crippen MR) is 122 cm³/mol. The van der Waals surface area contributed by atoms with Gasteiger partial charge in [-0.3, -0.25) is 0 Å². The van der Waals surface area contributed by atoms with Gasteiger partial charge in [-0.15, -0.1) is 0 Å². The zero-order chi connectivity index (χ0) is 19.3. The van der Waals surface area contributed by atoms with Crippen molar-refractivity contribution in [1.29, 1.82) is 0 Å². The van der Waals surface area contributed by atoms with Crippen molar-refractivity contribution in [2.75, 3.05) is 0 Å². The zero-order valence-electron chi connectivity index (χ0n) is 17.3. The number of rotatable bonds is 5. The lowest BCUT2D eigenvalue weighted by atomic mass is 9.70. The molecule has 2 aliphatic carbocycles. The molecule has 2 saturated carbocycles. The summed E-state index contributed by atoms with van der Waals surface area (Å²) in [6.45, 7) is 2.10. The van der Waals surface area contributed by atoms with E-state index in [9.17, 15) is 0 Å². The molecule has 2 heteroatoms. The summed E-state index contributed by atoms with van der Waals surface area (Å²) < 4.78 is 6.08. The van der Waals surface area contributed by atoms with Gasteiger partial charge in [0.2, 0.25) is 0 Å². The molecule has 150 valence electrons. The third-order valence-corrected chi connectivity index (χ3v) is 7.63. The molecule has 2 aromatic rings. The maximum absolute atomic E-state index is 6.08. The molecule has 0 aromatic heterocycles. The summed E-state index contributed by atoms with van der Waals surface area (Å²) in [5.41, 5.74) is 4.01. The van der Waals surface area contributed by atoms with Gasteiger partial charge in [0, 0.05) is 0 Å². The largest absolute Gasteiger partial charge is 0.482 e. The van der Waals surface area contributed by atoms with E-state index in [1.165, 1.54) is 74.5 Å². The van der Waals surface area contributed by atoms with Crippen molar-refractivity contribution in [2.24, 2.45) is 11.8 Å². The van der Waals surface area contributed by atoms with Crippen LogP contribution in [0.5, 0.6) is 5.75 Å². The van der Waals surface area contributed by atoms with Crippen LogP contribution < -0.4 is 4.74 Å². The molecular formula is C26H35OP. The fourth-order valence-corrected chi connectivity index (χ4v) is 5.70. The Morgan fingerprint density at radius 1 is 0.750 bits per heavy atom. The first kappa shape index (κ1) is 20.0. The number of hydrogen-bond acceptors (Lipinski definition) is 1. The molecule has 0 spiro atoms. The van der Waals surface area contributed by atoms with Gasteiger partial charge in [0.15, 0.2) is 0 Å². The molecule has 2 unspecified atom stereocenters. The highest BCUT2D eigenvalue weighted by Gasteiger charge is 2.29. The summed E-state index contributed by atoms with van der Waals surface area (Å²) in [6.07, 6.45) is 13.1. The molecule has 1 nitrogen and oxygen atoms in total. The molecule has 0 amide bonds. The van der Waals surface area contributed by atoms with Crippen LogP contribution in [0.2, 0.25) is 0 Å². The molecule has 0 N–H and O–H groups in total. The maximum Gasteiger partial charge on any atom is 0.136 e. The Morgan fingerprint density at radius 3 is 2.00 bits per heavy atom. The van der Waals surface area contributed by atoms with E-state index in [0.717, 1.165) is 23.5 Å². The van der Waals surface area contributed by atoms with Gasteiger partial charge < -0.3 is 4.74 Å². The van der Waals surface area contributed by atoms with E-state index >= 15 is 0 Å². The zero-order valence-corrected chi connectivity index (χ0v) is 18.4. The van der Waals surface area contributed by atoms with E-state index in [-0.39, 0.29) is 5.85 Å². The Morgan fingerprint density at radius 2 is 1.36 bits per heavy atom. The normalized spacial score (nSPS) is 24.6. The monoisotopic (exact) mass is 394 g/mol. The van der Waals surface area contributed by atoms with Crippen LogP contribution >= 0.6 is 9.24 Å². The molecule has 0 radical (unpaired) electrons. The molecule has 28 heavy (non-hydrogen) atoms. The molecule has 0 aliphatic heterocycles. The van der Waals surface area contributed by atoms with Crippen molar-refractivity contribution in [3.05, 3.63) is 65.2 Å². The molecule has 2 atom stereocenters. The second-order valence-corrected chi connectivity index (χ2v) is 9.63. The van der Waals surface area contributed by atoms with Gasteiger partial charge in [0.1, 0.15) is 11.6 Å². The van der Waals surface area contributed by atoms with E-state index in [1.807, 2.05) is 12.1 Å². The summed E-state index contributed by atoms with van der Waals surface area (Å²) in [7, 11) is 2.83. The third kappa shape index (κ3) is 4.98. The lowest BCUT2D eigenvalue weighted by molar-refractivity contribution is 0.186. The Labute approximate surface area is 173 Å². The molecule has 2 aromatic carbocycles. The highest BCUT2D eigenvalue weighted by molar-refractivity contribution is 7.16. The van der Waals surface area contributed by atoms with Crippen molar-refractivity contribution in [2.45, 2.75) is 76.5 Å². The van der Waals surface area contributed by atoms with Crippen molar-refractivity contribution in [1.82, 2.24) is 0 Å². The Kier molecular flexibility index (Phi) is 6.73. The minimum absolute atomic E-state index is 0.00112. The number of aryl methyl sites for hydroxylation is 1. The van der Waals surface area contributed by atoms with Crippen LogP contribution in [0.3, 0.4) is 0 Å². The summed E-state index contributed by atoms with van der Waals surface area (Å²) in [6, 6.07) is 17.5. The lowest BCUT2D eigenvalue weighted by Crippen LogP contribution is -2.23. The highest BCUT2D eigenvalue weighted by atomic mass is 31.0. The smallest absolute Gasteiger partial charge is 0.136 e. The summed E-state index contributed by atoms with van der Waals surface area (Å²) in [5, 5.41) is 0. The number of hydrogen-bond donors (Lipinski definition) is 0. The summed E-state index contributed by atoms with van der Waals surface area (Å²) in [4.78, 5) is 0. The summed E-state index contributed by atoms with van der Waals surface area (Å²) >= 11 is 0. The second kappa shape index (κ2) is 9.45. The minimum Gasteiger partial charge on any atom is -0.482 e. The van der Waals surface area contributed by atoms with Gasteiger partial charge in [-0.25, -0.2) is 0 Å². The van der Waals surface area contributed by atoms with Gasteiger partial charge in [0.25, 0.3) is 0 Å². The van der Waals surface area contributed by atoms with Crippen LogP contribution in [0.1, 0.15) is 86.2 Å². The lowest BCUT2D eigenvalue weighted by Gasteiger charge is -2.36. The minimum atomic E-state index is -0.00112. The van der Waals surface area contributed by atoms with Crippen molar-refractivity contribution in [3.8, 4) is 5.75 Å². The fourth-order valence-electron chi connectivity index (χ4n) is 5.32. The van der Waals surface area contributed by atoms with Crippen molar-refractivity contribution >= 4 is 9.24 Å². The van der Waals surface area contributed by atoms with Gasteiger partial charge in [-0.05, 0) is 73.6 Å². The average molecular weight is 395 g/mol. The van der Waals surface area contributed by atoms with Crippen LogP contribution in [0.4, 0.5) is 0 Å². The van der Waals surface area contributed by atoms with E-state index in [4.69, 9.17) is 4.74 Å². The van der Waals surface area contributed by atoms with Gasteiger partial charge >= 0.3 is 0 Å². The molecule has 4 rings (SSSR count). The van der Waals surface area contributed by atoms with Crippen LogP contribution in [0.15, 0.2) is 48.5 Å². The standard InChI is InChI=1S/C26H35OP/c1-19-7-17-25(18-8-19)27-26(28)24-15-13-23(14-16-24)22-11-9-21(10-12-22)20-5-3-2-4-6-20/h7-8,13-18,20-22,26H,2-6,9-12,28H2,1H3. The Bertz CT molecular complexity index is 722. The summed E-state index contributed by atoms with van der Waals surface area (Å²) in [5.74, 6) is 3.73. The first-order valence-electron chi connectivity index (χ1n) is 11.3. The molecule has 0 bridgehead atoms. The topological polar surface area (TPSA) is 9.23 Å². The molecule has 2 aliphatic rings. The SMILES string of the molecule is Cc1ccc(OC(P)c2ccc(C3CCC(C4CCCCC4)CC3)cc2)cc1. The van der Waals surface area contributed by atoms with Gasteiger partial charge in [0.05, 0.1) is 0 Å². The van der Waals surface area contributed by atoms with E-state index in [0.29, 0.717) is 0 Å². The van der Waals surface area contributed by atoms with Crippen LogP contribution in [-0.2, 0) is 0 Å². The van der Waals surface area contributed by atoms with Crippen LogP contribution in [-0.4, -0.2) is 0 Å². The van der Waals surface area contributed by atoms with Crippen LogP contribution in [0, 0.1) is 18.8 Å². The Hall–Kier alpha value is -1.33. The fraction of sp³-hybridized carbons (Fsp3) is 0.538. The third-order valence-electron chi connectivity index (χ3n) is 7.11. The molecular weight excluding hydrogens is 359 g/mol. The van der Waals surface area contributed by atoms with Gasteiger partial charge in [-0.1, -0.05) is 83.3 Å². The molecule has 2 fully saturated rings. The predicted octanol–water partition coefficient (Wildman–Crippen LogP) is 7.80. The van der Waals surface area contributed by atoms with E-state index in [1.54, 1.807) is 0 Å². The highest BCUT2D eigenvalue weighted by Crippen LogP contribution is 2.43. The van der Waals surface area contributed by atoms with Gasteiger partial charge in [-0.2, -0.15) is 0 Å². The quantitative estimate of drug-likeness (QED) is 0.470. The molecule has 0 heterocycles. The number of benzene rings is 2. The number of ether oxygens (including phenoxy) is 1. The van der Waals surface area contributed by atoms with Crippen LogP contribution in [0.25, 0.3) is 0 Å². The first-order valence-corrected chi connectivity index (χ1v) is 11.9. The van der Waals surface area contributed by atoms with E-state index < -0.39 is 0 Å². The van der Waals surface area contributed by atoms with Crippen molar-refractivity contribution < 1.29 is 4.74 Å². The Balaban J connectivity index is 1.31. The molecule has 0 saturated heterocycles.